The van der Waals surface area contributed by atoms with Gasteiger partial charge in [0.1, 0.15) is 5.82 Å². The number of nitrogens with zero attached hydrogens (tertiary/aromatic N) is 2. The summed E-state index contributed by atoms with van der Waals surface area (Å²) < 4.78 is 13.1. The molecule has 0 bridgehead atoms. The molecular formula is C20H26FN3. The van der Waals surface area contributed by atoms with E-state index in [1.165, 1.54) is 17.2 Å². The second-order valence-corrected chi connectivity index (χ2v) is 6.63. The fraction of sp³-hybridized carbons (Fsp3) is 0.400. The fourth-order valence-corrected chi connectivity index (χ4v) is 3.02. The molecule has 0 spiro atoms. The van der Waals surface area contributed by atoms with E-state index < -0.39 is 0 Å². The monoisotopic (exact) mass is 327 g/mol. The lowest BCUT2D eigenvalue weighted by molar-refractivity contribution is 0.148. The summed E-state index contributed by atoms with van der Waals surface area (Å²) in [6, 6.07) is 15.5. The van der Waals surface area contributed by atoms with Gasteiger partial charge in [-0.1, -0.05) is 36.4 Å². The van der Waals surface area contributed by atoms with E-state index in [0.29, 0.717) is 6.54 Å². The first-order chi connectivity index (χ1) is 11.7. The molecule has 1 heterocycles. The minimum atomic E-state index is -0.178. The van der Waals surface area contributed by atoms with Crippen LogP contribution in [0.2, 0.25) is 0 Å². The lowest BCUT2D eigenvalue weighted by Crippen LogP contribution is -2.43. The van der Waals surface area contributed by atoms with Gasteiger partial charge in [-0.2, -0.15) is 0 Å². The van der Waals surface area contributed by atoms with Crippen LogP contribution in [-0.4, -0.2) is 43.0 Å². The molecule has 1 aliphatic rings. The molecule has 1 saturated heterocycles. The summed E-state index contributed by atoms with van der Waals surface area (Å²) in [5.74, 6) is -0.178. The summed E-state index contributed by atoms with van der Waals surface area (Å²) in [6.07, 6.45) is 0. The predicted octanol–water partition coefficient (Wildman–Crippen LogP) is 2.86. The Balaban J connectivity index is 1.44. The maximum atomic E-state index is 13.1. The highest BCUT2D eigenvalue weighted by Crippen LogP contribution is 2.10. The molecule has 24 heavy (non-hydrogen) atoms. The molecule has 1 aliphatic heterocycles. The van der Waals surface area contributed by atoms with Crippen molar-refractivity contribution in [1.29, 1.82) is 0 Å². The molecule has 128 valence electrons. The second-order valence-electron chi connectivity index (χ2n) is 6.63. The SMILES string of the molecule is CN1CCN(Cc2ccc(CNCc3cccc(F)c3)cc2)CC1. The largest absolute Gasteiger partial charge is 0.309 e. The van der Waals surface area contributed by atoms with Crippen LogP contribution in [0, 0.1) is 5.82 Å². The molecule has 2 aromatic carbocycles. The molecule has 0 radical (unpaired) electrons. The lowest BCUT2D eigenvalue weighted by atomic mass is 10.1. The zero-order valence-corrected chi connectivity index (χ0v) is 14.3. The number of hydrogen-bond donors (Lipinski definition) is 1. The number of hydrogen-bond acceptors (Lipinski definition) is 3. The third-order valence-corrected chi connectivity index (χ3v) is 4.57. The quantitative estimate of drug-likeness (QED) is 0.880. The number of halogens is 1. The second kappa shape index (κ2) is 8.38. The third kappa shape index (κ3) is 5.13. The van der Waals surface area contributed by atoms with Gasteiger partial charge < -0.3 is 10.2 Å². The van der Waals surface area contributed by atoms with E-state index in [0.717, 1.165) is 44.8 Å². The average Bonchev–Trinajstić information content (AvgIpc) is 2.59. The number of likely N-dealkylation sites (N-methyl/N-ethyl adjacent to an activating group) is 1. The molecule has 4 heteroatoms. The van der Waals surface area contributed by atoms with Gasteiger partial charge in [0, 0.05) is 45.8 Å². The van der Waals surface area contributed by atoms with Crippen molar-refractivity contribution in [3.63, 3.8) is 0 Å². The van der Waals surface area contributed by atoms with Gasteiger partial charge in [0.2, 0.25) is 0 Å². The summed E-state index contributed by atoms with van der Waals surface area (Å²) >= 11 is 0. The maximum absolute atomic E-state index is 13.1. The predicted molar refractivity (Wildman–Crippen MR) is 96.2 cm³/mol. The van der Waals surface area contributed by atoms with Crippen molar-refractivity contribution < 1.29 is 4.39 Å². The van der Waals surface area contributed by atoms with Gasteiger partial charge in [0.25, 0.3) is 0 Å². The Hall–Kier alpha value is -1.75. The molecule has 0 unspecified atom stereocenters. The van der Waals surface area contributed by atoms with Crippen LogP contribution >= 0.6 is 0 Å². The zero-order valence-electron chi connectivity index (χ0n) is 14.3. The standard InChI is InChI=1S/C20H26FN3/c1-23-9-11-24(12-10-23)16-18-7-5-17(6-8-18)14-22-15-19-3-2-4-20(21)13-19/h2-8,13,22H,9-12,14-16H2,1H3. The van der Waals surface area contributed by atoms with Crippen LogP contribution in [0.5, 0.6) is 0 Å². The Labute approximate surface area is 144 Å². The summed E-state index contributed by atoms with van der Waals surface area (Å²) in [7, 11) is 2.18. The van der Waals surface area contributed by atoms with Gasteiger partial charge >= 0.3 is 0 Å². The summed E-state index contributed by atoms with van der Waals surface area (Å²) in [5.41, 5.74) is 3.60. The molecule has 1 N–H and O–H groups in total. The highest BCUT2D eigenvalue weighted by molar-refractivity contribution is 5.23. The van der Waals surface area contributed by atoms with Gasteiger partial charge in [0.15, 0.2) is 0 Å². The highest BCUT2D eigenvalue weighted by atomic mass is 19.1. The zero-order chi connectivity index (χ0) is 16.8. The molecule has 3 rings (SSSR count). The molecule has 1 fully saturated rings. The van der Waals surface area contributed by atoms with Crippen LogP contribution in [-0.2, 0) is 19.6 Å². The fourth-order valence-electron chi connectivity index (χ4n) is 3.02. The normalized spacial score (nSPS) is 16.4. The minimum absolute atomic E-state index is 0.178. The van der Waals surface area contributed by atoms with E-state index in [1.807, 2.05) is 6.07 Å². The topological polar surface area (TPSA) is 18.5 Å². The number of nitrogens with one attached hydrogen (secondary N) is 1. The van der Waals surface area contributed by atoms with Gasteiger partial charge in [0.05, 0.1) is 0 Å². The van der Waals surface area contributed by atoms with Crippen LogP contribution in [0.3, 0.4) is 0 Å². The van der Waals surface area contributed by atoms with Crippen molar-refractivity contribution in [3.8, 4) is 0 Å². The van der Waals surface area contributed by atoms with Crippen LogP contribution in [0.15, 0.2) is 48.5 Å². The number of piperazine rings is 1. The lowest BCUT2D eigenvalue weighted by Gasteiger charge is -2.32. The van der Waals surface area contributed by atoms with Gasteiger partial charge in [-0.25, -0.2) is 4.39 Å². The third-order valence-electron chi connectivity index (χ3n) is 4.57. The molecule has 0 saturated carbocycles. The Kier molecular flexibility index (Phi) is 5.96. The van der Waals surface area contributed by atoms with Crippen LogP contribution in [0.1, 0.15) is 16.7 Å². The molecule has 2 aromatic rings. The first kappa shape index (κ1) is 17.1. The minimum Gasteiger partial charge on any atom is -0.309 e. The summed E-state index contributed by atoms with van der Waals surface area (Å²) in [6.45, 7) is 7.11. The van der Waals surface area contributed by atoms with Crippen LogP contribution in [0.25, 0.3) is 0 Å². The first-order valence-corrected chi connectivity index (χ1v) is 8.63. The Bertz CT molecular complexity index is 634. The molecule has 0 aromatic heterocycles. The average molecular weight is 327 g/mol. The van der Waals surface area contributed by atoms with E-state index >= 15 is 0 Å². The molecular weight excluding hydrogens is 301 g/mol. The summed E-state index contributed by atoms with van der Waals surface area (Å²) in [4.78, 5) is 4.89. The van der Waals surface area contributed by atoms with Gasteiger partial charge in [-0.15, -0.1) is 0 Å². The molecule has 0 atom stereocenters. The Morgan fingerprint density at radius 3 is 2.25 bits per heavy atom. The maximum Gasteiger partial charge on any atom is 0.123 e. The van der Waals surface area contributed by atoms with Crippen LogP contribution in [0.4, 0.5) is 4.39 Å². The molecule has 0 aliphatic carbocycles. The Morgan fingerprint density at radius 1 is 0.875 bits per heavy atom. The van der Waals surface area contributed by atoms with Crippen molar-refractivity contribution in [2.24, 2.45) is 0 Å². The van der Waals surface area contributed by atoms with Crippen molar-refractivity contribution in [1.82, 2.24) is 15.1 Å². The van der Waals surface area contributed by atoms with Crippen LogP contribution < -0.4 is 5.32 Å². The molecule has 3 nitrogen and oxygen atoms in total. The van der Waals surface area contributed by atoms with E-state index in [4.69, 9.17) is 0 Å². The highest BCUT2D eigenvalue weighted by Gasteiger charge is 2.13. The van der Waals surface area contributed by atoms with Gasteiger partial charge in [-0.3, -0.25) is 4.90 Å². The smallest absolute Gasteiger partial charge is 0.123 e. The van der Waals surface area contributed by atoms with Gasteiger partial charge in [-0.05, 0) is 35.9 Å². The van der Waals surface area contributed by atoms with Crippen molar-refractivity contribution in [2.75, 3.05) is 33.2 Å². The Morgan fingerprint density at radius 2 is 1.54 bits per heavy atom. The van der Waals surface area contributed by atoms with Crippen molar-refractivity contribution in [3.05, 3.63) is 71.0 Å². The van der Waals surface area contributed by atoms with E-state index in [2.05, 4.69) is 46.4 Å². The van der Waals surface area contributed by atoms with E-state index in [1.54, 1.807) is 12.1 Å². The summed E-state index contributed by atoms with van der Waals surface area (Å²) in [5, 5.41) is 3.37. The number of benzene rings is 2. The van der Waals surface area contributed by atoms with E-state index in [-0.39, 0.29) is 5.82 Å². The number of rotatable bonds is 6. The van der Waals surface area contributed by atoms with Crippen molar-refractivity contribution in [2.45, 2.75) is 19.6 Å². The van der Waals surface area contributed by atoms with Crippen molar-refractivity contribution >= 4 is 0 Å². The first-order valence-electron chi connectivity index (χ1n) is 8.63. The molecule has 0 amide bonds. The van der Waals surface area contributed by atoms with E-state index in [9.17, 15) is 4.39 Å².